The van der Waals surface area contributed by atoms with Crippen LogP contribution >= 0.6 is 0 Å². The highest BCUT2D eigenvalue weighted by Crippen LogP contribution is 2.05. The quantitative estimate of drug-likeness (QED) is 0.691. The Morgan fingerprint density at radius 2 is 2.06 bits per heavy atom. The molecule has 1 atom stereocenters. The van der Waals surface area contributed by atoms with Gasteiger partial charge in [-0.2, -0.15) is 0 Å². The fourth-order valence-corrected chi connectivity index (χ4v) is 1.45. The van der Waals surface area contributed by atoms with Crippen molar-refractivity contribution in [3.05, 3.63) is 12.7 Å². The Morgan fingerprint density at radius 3 is 2.47 bits per heavy atom. The lowest BCUT2D eigenvalue weighted by Crippen LogP contribution is -2.45. The second kappa shape index (κ2) is 7.70. The van der Waals surface area contributed by atoms with E-state index >= 15 is 0 Å². The molecule has 0 radical (unpaired) electrons. The van der Waals surface area contributed by atoms with E-state index in [1.54, 1.807) is 11.9 Å². The van der Waals surface area contributed by atoms with E-state index in [0.717, 1.165) is 6.42 Å². The lowest BCUT2D eigenvalue weighted by atomic mass is 10.1. The van der Waals surface area contributed by atoms with Gasteiger partial charge >= 0.3 is 12.0 Å². The van der Waals surface area contributed by atoms with E-state index in [1.807, 2.05) is 0 Å². The summed E-state index contributed by atoms with van der Waals surface area (Å²) in [4.78, 5) is 25.4. The Labute approximate surface area is 103 Å². The molecule has 0 aromatic heterocycles. The van der Waals surface area contributed by atoms with Crippen LogP contribution in [0.3, 0.4) is 0 Å². The molecule has 0 bridgehead atoms. The Morgan fingerprint density at radius 1 is 1.47 bits per heavy atom. The summed E-state index contributed by atoms with van der Waals surface area (Å²) >= 11 is 0. The zero-order chi connectivity index (χ0) is 13.4. The van der Waals surface area contributed by atoms with Crippen LogP contribution < -0.4 is 0 Å². The molecule has 5 nitrogen and oxygen atoms in total. The second-order valence-corrected chi connectivity index (χ2v) is 4.24. The molecular weight excluding hydrogens is 220 g/mol. The largest absolute Gasteiger partial charge is 0.480 e. The molecule has 0 rings (SSSR count). The van der Waals surface area contributed by atoms with Crippen molar-refractivity contribution in [1.29, 1.82) is 0 Å². The lowest BCUT2D eigenvalue weighted by Gasteiger charge is -2.27. The molecule has 0 heterocycles. The molecule has 98 valence electrons. The highest BCUT2D eigenvalue weighted by Gasteiger charge is 2.20. The number of amides is 2. The average Bonchev–Trinajstić information content (AvgIpc) is 2.26. The van der Waals surface area contributed by atoms with Gasteiger partial charge in [0.05, 0.1) is 0 Å². The van der Waals surface area contributed by atoms with Crippen molar-refractivity contribution >= 4 is 12.0 Å². The number of carboxylic acids is 1. The van der Waals surface area contributed by atoms with Crippen LogP contribution in [0.2, 0.25) is 0 Å². The monoisotopic (exact) mass is 242 g/mol. The minimum absolute atomic E-state index is 0.246. The molecule has 0 aromatic rings. The first-order valence-electron chi connectivity index (χ1n) is 5.75. The summed E-state index contributed by atoms with van der Waals surface area (Å²) in [6.07, 6.45) is 2.51. The summed E-state index contributed by atoms with van der Waals surface area (Å²) in [7, 11) is 1.69. The van der Waals surface area contributed by atoms with Gasteiger partial charge in [-0.3, -0.25) is 4.79 Å². The smallest absolute Gasteiger partial charge is 0.323 e. The van der Waals surface area contributed by atoms with Crippen LogP contribution in [0.4, 0.5) is 4.79 Å². The molecule has 0 fully saturated rings. The number of aliphatic carboxylic acids is 1. The van der Waals surface area contributed by atoms with Gasteiger partial charge in [0.25, 0.3) is 0 Å². The first-order chi connectivity index (χ1) is 7.92. The molecule has 0 spiro atoms. The molecule has 1 unspecified atom stereocenters. The van der Waals surface area contributed by atoms with Gasteiger partial charge in [-0.05, 0) is 5.92 Å². The molecule has 0 saturated heterocycles. The van der Waals surface area contributed by atoms with Crippen molar-refractivity contribution in [2.45, 2.75) is 20.3 Å². The van der Waals surface area contributed by atoms with E-state index in [0.29, 0.717) is 12.5 Å². The van der Waals surface area contributed by atoms with E-state index in [1.165, 1.54) is 11.0 Å². The van der Waals surface area contributed by atoms with Gasteiger partial charge in [0, 0.05) is 20.1 Å². The minimum Gasteiger partial charge on any atom is -0.480 e. The maximum absolute atomic E-state index is 12.0. The van der Waals surface area contributed by atoms with Crippen molar-refractivity contribution in [3.63, 3.8) is 0 Å². The van der Waals surface area contributed by atoms with Crippen molar-refractivity contribution < 1.29 is 14.7 Å². The van der Waals surface area contributed by atoms with Gasteiger partial charge in [0.1, 0.15) is 6.54 Å². The Hall–Kier alpha value is -1.52. The zero-order valence-corrected chi connectivity index (χ0v) is 10.8. The van der Waals surface area contributed by atoms with Gasteiger partial charge in [0.15, 0.2) is 0 Å². The van der Waals surface area contributed by atoms with Crippen molar-refractivity contribution in [3.8, 4) is 0 Å². The molecule has 5 heteroatoms. The summed E-state index contributed by atoms with van der Waals surface area (Å²) in [6.45, 7) is 8.21. The molecule has 2 amide bonds. The first kappa shape index (κ1) is 15.5. The van der Waals surface area contributed by atoms with Gasteiger partial charge in [-0.1, -0.05) is 26.3 Å². The zero-order valence-electron chi connectivity index (χ0n) is 10.8. The number of hydrogen-bond acceptors (Lipinski definition) is 2. The summed E-state index contributed by atoms with van der Waals surface area (Å²) in [6, 6.07) is -0.271. The molecular formula is C12H22N2O3. The SMILES string of the molecule is C=CCN(CC(=O)O)C(=O)N(C)CC(C)CC. The van der Waals surface area contributed by atoms with E-state index in [4.69, 9.17) is 5.11 Å². The Bertz CT molecular complexity index is 279. The third-order valence-corrected chi connectivity index (χ3v) is 2.56. The van der Waals surface area contributed by atoms with Gasteiger partial charge < -0.3 is 14.9 Å². The highest BCUT2D eigenvalue weighted by atomic mass is 16.4. The van der Waals surface area contributed by atoms with Crippen LogP contribution in [0, 0.1) is 5.92 Å². The number of urea groups is 1. The molecule has 0 saturated carbocycles. The van der Waals surface area contributed by atoms with Crippen molar-refractivity contribution in [2.75, 3.05) is 26.7 Å². The standard InChI is InChI=1S/C12H22N2O3/c1-5-7-14(9-11(15)16)12(17)13(4)8-10(3)6-2/h5,10H,1,6-9H2,2-4H3,(H,15,16). The number of carbonyl (C=O) groups is 2. The third-order valence-electron chi connectivity index (χ3n) is 2.56. The normalized spacial score (nSPS) is 11.7. The Kier molecular flexibility index (Phi) is 7.02. The molecule has 0 aliphatic heterocycles. The van der Waals surface area contributed by atoms with Crippen LogP contribution in [0.15, 0.2) is 12.7 Å². The molecule has 1 N–H and O–H groups in total. The predicted octanol–water partition coefficient (Wildman–Crippen LogP) is 1.66. The van der Waals surface area contributed by atoms with Crippen molar-refractivity contribution in [1.82, 2.24) is 9.80 Å². The number of rotatable bonds is 7. The first-order valence-corrected chi connectivity index (χ1v) is 5.75. The number of carboxylic acid groups (broad SMARTS) is 1. The predicted molar refractivity (Wildman–Crippen MR) is 66.9 cm³/mol. The van der Waals surface area contributed by atoms with Crippen LogP contribution in [0.5, 0.6) is 0 Å². The van der Waals surface area contributed by atoms with E-state index < -0.39 is 5.97 Å². The molecule has 0 aromatic carbocycles. The third kappa shape index (κ3) is 5.94. The summed E-state index contributed by atoms with van der Waals surface area (Å²) in [5.41, 5.74) is 0. The van der Waals surface area contributed by atoms with Crippen LogP contribution in [0.1, 0.15) is 20.3 Å². The summed E-state index contributed by atoms with van der Waals surface area (Å²) in [5, 5.41) is 8.72. The van der Waals surface area contributed by atoms with Crippen LogP contribution in [-0.2, 0) is 4.79 Å². The Balaban J connectivity index is 4.47. The lowest BCUT2D eigenvalue weighted by molar-refractivity contribution is -0.137. The minimum atomic E-state index is -1.02. The highest BCUT2D eigenvalue weighted by molar-refractivity contribution is 5.80. The van der Waals surface area contributed by atoms with Crippen LogP contribution in [-0.4, -0.2) is 53.6 Å². The fraction of sp³-hybridized carbons (Fsp3) is 0.667. The topological polar surface area (TPSA) is 60.9 Å². The number of nitrogens with zero attached hydrogens (tertiary/aromatic N) is 2. The molecule has 17 heavy (non-hydrogen) atoms. The maximum Gasteiger partial charge on any atom is 0.323 e. The van der Waals surface area contributed by atoms with Gasteiger partial charge in [0.2, 0.25) is 0 Å². The van der Waals surface area contributed by atoms with Gasteiger partial charge in [-0.15, -0.1) is 6.58 Å². The fourth-order valence-electron chi connectivity index (χ4n) is 1.45. The summed E-state index contributed by atoms with van der Waals surface area (Å²) < 4.78 is 0. The second-order valence-electron chi connectivity index (χ2n) is 4.24. The van der Waals surface area contributed by atoms with E-state index in [9.17, 15) is 9.59 Å². The van der Waals surface area contributed by atoms with Gasteiger partial charge in [-0.25, -0.2) is 4.79 Å². The number of hydrogen-bond donors (Lipinski definition) is 1. The molecule has 0 aliphatic rings. The van der Waals surface area contributed by atoms with Crippen LogP contribution in [0.25, 0.3) is 0 Å². The number of carbonyl (C=O) groups excluding carboxylic acids is 1. The van der Waals surface area contributed by atoms with E-state index in [-0.39, 0.29) is 19.1 Å². The van der Waals surface area contributed by atoms with E-state index in [2.05, 4.69) is 20.4 Å². The van der Waals surface area contributed by atoms with Crippen molar-refractivity contribution in [2.24, 2.45) is 5.92 Å². The molecule has 0 aliphatic carbocycles. The summed E-state index contributed by atoms with van der Waals surface area (Å²) in [5.74, 6) is -0.614. The average molecular weight is 242 g/mol. The maximum atomic E-state index is 12.0.